The Morgan fingerprint density at radius 3 is 2.50 bits per heavy atom. The highest BCUT2D eigenvalue weighted by Gasteiger charge is 2.40. The third-order valence-electron chi connectivity index (χ3n) is 5.29. The van der Waals surface area contributed by atoms with Crippen LogP contribution in [-0.2, 0) is 0 Å². The van der Waals surface area contributed by atoms with Crippen molar-refractivity contribution in [2.45, 2.75) is 40.5 Å². The van der Waals surface area contributed by atoms with Crippen LogP contribution in [0.25, 0.3) is 0 Å². The summed E-state index contributed by atoms with van der Waals surface area (Å²) in [6.07, 6.45) is 4.60. The summed E-state index contributed by atoms with van der Waals surface area (Å²) in [7, 11) is 0. The first kappa shape index (κ1) is 15.4. The summed E-state index contributed by atoms with van der Waals surface area (Å²) in [5.41, 5.74) is 6.83. The predicted molar refractivity (Wildman–Crippen MR) is 92.9 cm³/mol. The highest BCUT2D eigenvalue weighted by Crippen LogP contribution is 2.47. The van der Waals surface area contributed by atoms with E-state index in [0.717, 1.165) is 19.4 Å². The van der Waals surface area contributed by atoms with E-state index in [9.17, 15) is 5.11 Å². The Labute approximate surface area is 134 Å². The maximum Gasteiger partial charge on any atom is 0.0519 e. The molecule has 2 aliphatic rings. The number of hydrogen-bond acceptors (Lipinski definition) is 2. The summed E-state index contributed by atoms with van der Waals surface area (Å²) in [6, 6.07) is 8.75. The zero-order valence-electron chi connectivity index (χ0n) is 14.2. The van der Waals surface area contributed by atoms with Crippen LogP contribution >= 0.6 is 0 Å². The second-order valence-electron chi connectivity index (χ2n) is 7.55. The molecule has 1 heterocycles. The molecule has 0 bridgehead atoms. The van der Waals surface area contributed by atoms with Crippen molar-refractivity contribution in [2.24, 2.45) is 11.3 Å². The van der Waals surface area contributed by atoms with E-state index < -0.39 is 0 Å². The Morgan fingerprint density at radius 2 is 1.86 bits per heavy atom. The molecule has 3 rings (SSSR count). The van der Waals surface area contributed by atoms with Gasteiger partial charge in [0.15, 0.2) is 0 Å². The number of hydrogen-bond donors (Lipinski definition) is 1. The van der Waals surface area contributed by atoms with Crippen LogP contribution in [-0.4, -0.2) is 18.3 Å². The maximum atomic E-state index is 10.1. The van der Waals surface area contributed by atoms with Crippen molar-refractivity contribution in [3.05, 3.63) is 52.7 Å². The van der Waals surface area contributed by atoms with Crippen LogP contribution in [0.1, 0.15) is 39.2 Å². The summed E-state index contributed by atoms with van der Waals surface area (Å²) >= 11 is 0. The van der Waals surface area contributed by atoms with Gasteiger partial charge in [-0.1, -0.05) is 43.2 Å². The Bertz CT molecular complexity index is 622. The van der Waals surface area contributed by atoms with E-state index in [1.54, 1.807) is 0 Å². The standard InChI is InChI=1S/C20H27NO/c1-14-5-7-17(8-6-14)21-12-15(2)11-16-9-10-20(3,4)18(13-22)19(16)21/h5-8,11,18,22H,9-10,12-13H2,1-4H3. The van der Waals surface area contributed by atoms with Gasteiger partial charge in [-0.2, -0.15) is 0 Å². The van der Waals surface area contributed by atoms with E-state index in [-0.39, 0.29) is 17.9 Å². The van der Waals surface area contributed by atoms with Crippen LogP contribution in [0.15, 0.2) is 47.2 Å². The van der Waals surface area contributed by atoms with Gasteiger partial charge < -0.3 is 10.0 Å². The zero-order valence-corrected chi connectivity index (χ0v) is 14.2. The lowest BCUT2D eigenvalue weighted by atomic mass is 9.67. The fourth-order valence-electron chi connectivity index (χ4n) is 3.83. The Balaban J connectivity index is 2.09. The molecule has 0 fully saturated rings. The summed E-state index contributed by atoms with van der Waals surface area (Å²) in [5.74, 6) is 0.210. The van der Waals surface area contributed by atoms with E-state index in [4.69, 9.17) is 0 Å². The Hall–Kier alpha value is -1.54. The fraction of sp³-hybridized carbons (Fsp3) is 0.500. The number of aryl methyl sites for hydroxylation is 1. The topological polar surface area (TPSA) is 23.5 Å². The van der Waals surface area contributed by atoms with Gasteiger partial charge in [0.1, 0.15) is 0 Å². The minimum atomic E-state index is 0.148. The number of aliphatic hydroxyl groups excluding tert-OH is 1. The fourth-order valence-corrected chi connectivity index (χ4v) is 3.83. The molecular weight excluding hydrogens is 270 g/mol. The molecule has 0 saturated heterocycles. The maximum absolute atomic E-state index is 10.1. The third-order valence-corrected chi connectivity index (χ3v) is 5.29. The molecule has 1 atom stereocenters. The number of rotatable bonds is 2. The molecular formula is C20H27NO. The molecule has 1 unspecified atom stereocenters. The number of aliphatic hydroxyl groups is 1. The molecule has 0 spiro atoms. The van der Waals surface area contributed by atoms with E-state index in [0.29, 0.717) is 0 Å². The number of allylic oxidation sites excluding steroid dienone is 2. The normalized spacial score (nSPS) is 24.1. The van der Waals surface area contributed by atoms with Crippen molar-refractivity contribution in [1.29, 1.82) is 0 Å². The van der Waals surface area contributed by atoms with Gasteiger partial charge >= 0.3 is 0 Å². The van der Waals surface area contributed by atoms with Crippen molar-refractivity contribution >= 4 is 5.69 Å². The van der Waals surface area contributed by atoms with Gasteiger partial charge in [-0.25, -0.2) is 0 Å². The molecule has 2 heteroatoms. The molecule has 1 aliphatic carbocycles. The second kappa shape index (κ2) is 5.58. The predicted octanol–water partition coefficient (Wildman–Crippen LogP) is 4.44. The second-order valence-corrected chi connectivity index (χ2v) is 7.55. The molecule has 1 aliphatic heterocycles. The summed E-state index contributed by atoms with van der Waals surface area (Å²) < 4.78 is 0. The lowest BCUT2D eigenvalue weighted by Crippen LogP contribution is -2.42. The van der Waals surface area contributed by atoms with Crippen molar-refractivity contribution in [1.82, 2.24) is 0 Å². The molecule has 0 saturated carbocycles. The van der Waals surface area contributed by atoms with Gasteiger partial charge in [0.2, 0.25) is 0 Å². The van der Waals surface area contributed by atoms with E-state index in [1.165, 1.54) is 28.1 Å². The van der Waals surface area contributed by atoms with E-state index in [2.05, 4.69) is 62.9 Å². The summed E-state index contributed by atoms with van der Waals surface area (Å²) in [6.45, 7) is 10.1. The number of benzene rings is 1. The first-order valence-electron chi connectivity index (χ1n) is 8.27. The number of anilines is 1. The minimum Gasteiger partial charge on any atom is -0.396 e. The molecule has 1 aromatic carbocycles. The van der Waals surface area contributed by atoms with Gasteiger partial charge in [0, 0.05) is 23.8 Å². The summed E-state index contributed by atoms with van der Waals surface area (Å²) in [4.78, 5) is 2.42. The molecule has 118 valence electrons. The van der Waals surface area contributed by atoms with E-state index >= 15 is 0 Å². The van der Waals surface area contributed by atoms with Crippen LogP contribution < -0.4 is 4.90 Å². The SMILES string of the molecule is CC1=CC2=C(C(CO)C(C)(C)CC2)N(c2ccc(C)cc2)C1. The van der Waals surface area contributed by atoms with Crippen LogP contribution in [0.2, 0.25) is 0 Å². The van der Waals surface area contributed by atoms with Gasteiger partial charge in [-0.15, -0.1) is 0 Å². The van der Waals surface area contributed by atoms with Gasteiger partial charge in [0.25, 0.3) is 0 Å². The quantitative estimate of drug-likeness (QED) is 0.872. The van der Waals surface area contributed by atoms with Crippen molar-refractivity contribution in [3.63, 3.8) is 0 Å². The molecule has 0 aromatic heterocycles. The van der Waals surface area contributed by atoms with Crippen LogP contribution in [0.5, 0.6) is 0 Å². The Morgan fingerprint density at radius 1 is 1.18 bits per heavy atom. The van der Waals surface area contributed by atoms with Gasteiger partial charge in [0.05, 0.1) is 6.61 Å². The molecule has 1 aromatic rings. The van der Waals surface area contributed by atoms with Crippen molar-refractivity contribution in [3.8, 4) is 0 Å². The molecule has 1 N–H and O–H groups in total. The zero-order chi connectivity index (χ0) is 15.9. The monoisotopic (exact) mass is 297 g/mol. The van der Waals surface area contributed by atoms with Crippen molar-refractivity contribution in [2.75, 3.05) is 18.1 Å². The lowest BCUT2D eigenvalue weighted by molar-refractivity contribution is 0.123. The van der Waals surface area contributed by atoms with Gasteiger partial charge in [-0.3, -0.25) is 0 Å². The van der Waals surface area contributed by atoms with E-state index in [1.807, 2.05) is 0 Å². The first-order chi connectivity index (χ1) is 10.4. The average molecular weight is 297 g/mol. The summed E-state index contributed by atoms with van der Waals surface area (Å²) in [5, 5.41) is 10.1. The molecule has 0 amide bonds. The molecule has 0 radical (unpaired) electrons. The average Bonchev–Trinajstić information content (AvgIpc) is 2.47. The minimum absolute atomic E-state index is 0.148. The third kappa shape index (κ3) is 2.61. The Kier molecular flexibility index (Phi) is 3.90. The largest absolute Gasteiger partial charge is 0.396 e. The highest BCUT2D eigenvalue weighted by molar-refractivity contribution is 5.59. The lowest BCUT2D eigenvalue weighted by Gasteiger charge is -2.46. The smallest absolute Gasteiger partial charge is 0.0519 e. The van der Waals surface area contributed by atoms with Crippen LogP contribution in [0.3, 0.4) is 0 Å². The van der Waals surface area contributed by atoms with Crippen LogP contribution in [0, 0.1) is 18.3 Å². The molecule has 22 heavy (non-hydrogen) atoms. The highest BCUT2D eigenvalue weighted by atomic mass is 16.3. The van der Waals surface area contributed by atoms with Crippen molar-refractivity contribution < 1.29 is 5.11 Å². The molecule has 2 nitrogen and oxygen atoms in total. The van der Waals surface area contributed by atoms with Crippen LogP contribution in [0.4, 0.5) is 5.69 Å². The van der Waals surface area contributed by atoms with Gasteiger partial charge in [-0.05, 0) is 49.8 Å². The first-order valence-corrected chi connectivity index (χ1v) is 8.27. The number of nitrogens with zero attached hydrogens (tertiary/aromatic N) is 1.